The second kappa shape index (κ2) is 6.59. The maximum atomic E-state index is 12.0. The number of aromatic nitrogens is 3. The van der Waals surface area contributed by atoms with Crippen LogP contribution in [0.1, 0.15) is 19.8 Å². The molecular formula is C19H19N5O2. The molecule has 0 spiro atoms. The van der Waals surface area contributed by atoms with E-state index in [2.05, 4.69) is 20.3 Å². The van der Waals surface area contributed by atoms with E-state index in [1.54, 1.807) is 24.7 Å². The van der Waals surface area contributed by atoms with Crippen LogP contribution in [-0.4, -0.2) is 27.5 Å². The second-order valence-corrected chi connectivity index (χ2v) is 6.25. The van der Waals surface area contributed by atoms with E-state index in [9.17, 15) is 4.79 Å². The molecule has 4 rings (SSSR count). The molecule has 3 N–H and O–H groups in total. The summed E-state index contributed by atoms with van der Waals surface area (Å²) in [6, 6.07) is 5.52. The number of nitrogen functional groups attached to an aromatic ring is 1. The molecule has 1 saturated carbocycles. The third kappa shape index (κ3) is 3.15. The minimum absolute atomic E-state index is 0.0185. The van der Waals surface area contributed by atoms with Crippen molar-refractivity contribution in [3.8, 4) is 17.0 Å². The van der Waals surface area contributed by atoms with Gasteiger partial charge in [-0.05, 0) is 43.4 Å². The fraction of sp³-hybridized carbons (Fsp3) is 0.263. The van der Waals surface area contributed by atoms with Gasteiger partial charge in [-0.1, -0.05) is 0 Å². The fourth-order valence-corrected chi connectivity index (χ4v) is 2.81. The molecule has 1 aliphatic carbocycles. The Balaban J connectivity index is 1.75. The Hall–Kier alpha value is -3.22. The summed E-state index contributed by atoms with van der Waals surface area (Å²) in [7, 11) is 0. The molecule has 0 aliphatic heterocycles. The predicted molar refractivity (Wildman–Crippen MR) is 99.7 cm³/mol. The van der Waals surface area contributed by atoms with Gasteiger partial charge in [-0.3, -0.25) is 9.78 Å². The van der Waals surface area contributed by atoms with Crippen LogP contribution >= 0.6 is 0 Å². The van der Waals surface area contributed by atoms with Crippen LogP contribution in [0.4, 0.5) is 11.6 Å². The Bertz CT molecular complexity index is 985. The average Bonchev–Trinajstić information content (AvgIpc) is 3.47. The molecule has 1 amide bonds. The van der Waals surface area contributed by atoms with Crippen molar-refractivity contribution in [1.82, 2.24) is 15.0 Å². The lowest BCUT2D eigenvalue weighted by Gasteiger charge is -2.11. The zero-order chi connectivity index (χ0) is 18.1. The smallest absolute Gasteiger partial charge is 0.228 e. The maximum absolute atomic E-state index is 12.0. The van der Waals surface area contributed by atoms with Gasteiger partial charge in [0.05, 0.1) is 17.9 Å². The summed E-state index contributed by atoms with van der Waals surface area (Å²) in [6.07, 6.45) is 6.91. The summed E-state index contributed by atoms with van der Waals surface area (Å²) in [6.45, 7) is 2.47. The first-order chi connectivity index (χ1) is 12.7. The first-order valence-corrected chi connectivity index (χ1v) is 8.60. The van der Waals surface area contributed by atoms with Crippen molar-refractivity contribution in [3.63, 3.8) is 0 Å². The van der Waals surface area contributed by atoms with Crippen molar-refractivity contribution in [1.29, 1.82) is 0 Å². The topological polar surface area (TPSA) is 103 Å². The van der Waals surface area contributed by atoms with Gasteiger partial charge in [0.1, 0.15) is 17.4 Å². The minimum atomic E-state index is 0.0185. The van der Waals surface area contributed by atoms with Crippen LogP contribution < -0.4 is 15.8 Å². The number of nitrogens with one attached hydrogen (secondary N) is 1. The quantitative estimate of drug-likeness (QED) is 0.734. The first-order valence-electron chi connectivity index (χ1n) is 8.60. The molecule has 132 valence electrons. The highest BCUT2D eigenvalue weighted by atomic mass is 16.5. The van der Waals surface area contributed by atoms with Gasteiger partial charge in [0, 0.05) is 29.9 Å². The number of nitrogens with two attached hydrogens (primary N) is 1. The number of amides is 1. The van der Waals surface area contributed by atoms with Gasteiger partial charge in [-0.25, -0.2) is 9.97 Å². The number of carbonyl (C=O) groups is 1. The summed E-state index contributed by atoms with van der Waals surface area (Å²) >= 11 is 0. The number of fused-ring (bicyclic) bond motifs is 1. The summed E-state index contributed by atoms with van der Waals surface area (Å²) in [4.78, 5) is 24.9. The number of nitrogens with zero attached hydrogens (tertiary/aromatic N) is 3. The van der Waals surface area contributed by atoms with E-state index in [1.807, 2.05) is 19.1 Å². The Morgan fingerprint density at radius 3 is 2.96 bits per heavy atom. The highest BCUT2D eigenvalue weighted by Gasteiger charge is 2.29. The van der Waals surface area contributed by atoms with Gasteiger partial charge in [0.15, 0.2) is 0 Å². The van der Waals surface area contributed by atoms with Crippen molar-refractivity contribution in [3.05, 3.63) is 36.8 Å². The van der Waals surface area contributed by atoms with Gasteiger partial charge >= 0.3 is 0 Å². The van der Waals surface area contributed by atoms with E-state index in [0.29, 0.717) is 29.7 Å². The molecular weight excluding hydrogens is 330 g/mol. The zero-order valence-electron chi connectivity index (χ0n) is 14.4. The van der Waals surface area contributed by atoms with Crippen LogP contribution in [-0.2, 0) is 4.79 Å². The minimum Gasteiger partial charge on any atom is -0.493 e. The predicted octanol–water partition coefficient (Wildman–Crippen LogP) is 3.02. The number of hydrogen-bond acceptors (Lipinski definition) is 6. The molecule has 7 nitrogen and oxygen atoms in total. The zero-order valence-corrected chi connectivity index (χ0v) is 14.4. The van der Waals surface area contributed by atoms with Crippen molar-refractivity contribution in [2.24, 2.45) is 5.92 Å². The Morgan fingerprint density at radius 1 is 1.35 bits per heavy atom. The lowest BCUT2D eigenvalue weighted by molar-refractivity contribution is -0.117. The van der Waals surface area contributed by atoms with Gasteiger partial charge in [-0.2, -0.15) is 0 Å². The van der Waals surface area contributed by atoms with Crippen molar-refractivity contribution < 1.29 is 9.53 Å². The molecule has 0 bridgehead atoms. The Labute approximate surface area is 150 Å². The van der Waals surface area contributed by atoms with E-state index in [4.69, 9.17) is 10.5 Å². The number of hydrogen-bond donors (Lipinski definition) is 2. The number of pyridine rings is 3. The monoisotopic (exact) mass is 349 g/mol. The van der Waals surface area contributed by atoms with Crippen molar-refractivity contribution in [2.45, 2.75) is 19.8 Å². The molecule has 0 unspecified atom stereocenters. The molecule has 1 aliphatic rings. The second-order valence-electron chi connectivity index (χ2n) is 6.25. The highest BCUT2D eigenvalue weighted by molar-refractivity contribution is 5.98. The van der Waals surface area contributed by atoms with E-state index >= 15 is 0 Å². The van der Waals surface area contributed by atoms with Crippen LogP contribution in [0.5, 0.6) is 5.75 Å². The number of rotatable bonds is 5. The Morgan fingerprint density at radius 2 is 2.19 bits per heavy atom. The summed E-state index contributed by atoms with van der Waals surface area (Å²) in [5.41, 5.74) is 7.56. The van der Waals surface area contributed by atoms with Crippen molar-refractivity contribution in [2.75, 3.05) is 17.7 Å². The van der Waals surface area contributed by atoms with Gasteiger partial charge in [-0.15, -0.1) is 0 Å². The van der Waals surface area contributed by atoms with Crippen LogP contribution in [0.25, 0.3) is 22.0 Å². The third-order valence-corrected chi connectivity index (χ3v) is 4.30. The summed E-state index contributed by atoms with van der Waals surface area (Å²) in [5, 5.41) is 4.44. The fourth-order valence-electron chi connectivity index (χ4n) is 2.81. The average molecular weight is 349 g/mol. The van der Waals surface area contributed by atoms with Gasteiger partial charge in [0.25, 0.3) is 0 Å². The molecule has 26 heavy (non-hydrogen) atoms. The molecule has 3 aromatic rings. The van der Waals surface area contributed by atoms with Crippen LogP contribution in [0, 0.1) is 5.92 Å². The largest absolute Gasteiger partial charge is 0.493 e. The Kier molecular flexibility index (Phi) is 4.12. The molecule has 3 heterocycles. The van der Waals surface area contributed by atoms with E-state index in [-0.39, 0.29) is 11.8 Å². The lowest BCUT2D eigenvalue weighted by atomic mass is 10.1. The van der Waals surface area contributed by atoms with E-state index in [0.717, 1.165) is 29.2 Å². The van der Waals surface area contributed by atoms with E-state index in [1.165, 1.54) is 0 Å². The number of anilines is 2. The van der Waals surface area contributed by atoms with Crippen LogP contribution in [0.2, 0.25) is 0 Å². The molecule has 7 heteroatoms. The van der Waals surface area contributed by atoms with Gasteiger partial charge < -0.3 is 15.8 Å². The molecule has 1 fully saturated rings. The number of carbonyl (C=O) groups excluding carboxylic acids is 1. The van der Waals surface area contributed by atoms with Crippen LogP contribution in [0.15, 0.2) is 36.8 Å². The number of ether oxygens (including phenoxy) is 1. The first kappa shape index (κ1) is 16.3. The SMILES string of the molecule is CCOc1ccncc1-c1cc2cc(NC(=O)C3CC3)ncc2c(N)n1. The van der Waals surface area contributed by atoms with Crippen molar-refractivity contribution >= 4 is 28.3 Å². The van der Waals surface area contributed by atoms with Gasteiger partial charge in [0.2, 0.25) is 5.91 Å². The lowest BCUT2D eigenvalue weighted by Crippen LogP contribution is -2.14. The summed E-state index contributed by atoms with van der Waals surface area (Å²) < 4.78 is 5.66. The molecule has 0 aromatic carbocycles. The molecule has 3 aromatic heterocycles. The standard InChI is InChI=1S/C19H19N5O2/c1-2-26-16-5-6-21-9-14(16)15-7-12-8-17(24-19(25)11-3-4-11)22-10-13(12)18(20)23-15/h5-11H,2-4H2,1H3,(H2,20,23)(H,22,24,25). The normalized spacial score (nSPS) is 13.6. The van der Waals surface area contributed by atoms with Crippen LogP contribution in [0.3, 0.4) is 0 Å². The summed E-state index contributed by atoms with van der Waals surface area (Å²) in [5.74, 6) is 1.73. The molecule has 0 saturated heterocycles. The molecule has 0 radical (unpaired) electrons. The third-order valence-electron chi connectivity index (χ3n) is 4.30. The maximum Gasteiger partial charge on any atom is 0.228 e. The van der Waals surface area contributed by atoms with E-state index < -0.39 is 0 Å². The molecule has 0 atom stereocenters. The highest BCUT2D eigenvalue weighted by Crippen LogP contribution is 2.33.